The van der Waals surface area contributed by atoms with Crippen LogP contribution < -0.4 is 12.4 Å². The third-order valence-electron chi connectivity index (χ3n) is 2.71. The summed E-state index contributed by atoms with van der Waals surface area (Å²) in [7, 11) is -1.56. The number of halogens is 1. The van der Waals surface area contributed by atoms with E-state index in [9.17, 15) is 0 Å². The van der Waals surface area contributed by atoms with Crippen molar-refractivity contribution in [2.45, 2.75) is 58.4 Å². The van der Waals surface area contributed by atoms with Crippen LogP contribution in [0.2, 0.25) is 18.1 Å². The van der Waals surface area contributed by atoms with E-state index in [0.29, 0.717) is 0 Å². The van der Waals surface area contributed by atoms with Crippen LogP contribution in [-0.4, -0.2) is 13.9 Å². The number of hydrogen-bond donors (Lipinski definition) is 0. The topological polar surface area (TPSA) is 9.23 Å². The molecule has 0 saturated carbocycles. The largest absolute Gasteiger partial charge is 1.00 e. The van der Waals surface area contributed by atoms with Crippen LogP contribution in [0.15, 0.2) is 0 Å². The van der Waals surface area contributed by atoms with Crippen LogP contribution in [0.3, 0.4) is 0 Å². The molecule has 0 spiro atoms. The summed E-state index contributed by atoms with van der Waals surface area (Å²) in [5, 5.41) is 0. The molecule has 0 aliphatic rings. The van der Waals surface area contributed by atoms with Gasteiger partial charge in [0, 0.05) is 19.5 Å². The Balaban J connectivity index is -0.000000720. The van der Waals surface area contributed by atoms with E-state index in [1.165, 1.54) is 0 Å². The monoisotopic (exact) mass is 296 g/mol. The van der Waals surface area contributed by atoms with Crippen LogP contribution >= 0.6 is 0 Å². The third kappa shape index (κ3) is 6.74. The Hall–Kier alpha value is 0.650. The van der Waals surface area contributed by atoms with Gasteiger partial charge in [-0.1, -0.05) is 26.7 Å². The molecule has 15 heavy (non-hydrogen) atoms. The third-order valence-corrected chi connectivity index (χ3v) is 7.52. The summed E-state index contributed by atoms with van der Waals surface area (Å²) in [6.45, 7) is 10.4. The van der Waals surface area contributed by atoms with Gasteiger partial charge in [0.25, 0.3) is 0 Å². The van der Waals surface area contributed by atoms with Crippen molar-refractivity contribution >= 4 is 8.32 Å². The van der Waals surface area contributed by atoms with Crippen molar-refractivity contribution in [3.8, 4) is 5.92 Å². The van der Waals surface area contributed by atoms with Gasteiger partial charge in [0.15, 0.2) is 8.32 Å². The molecule has 4 heteroatoms. The first kappa shape index (κ1) is 21.0. The molecular weight excluding hydrogens is 277 g/mol. The van der Waals surface area contributed by atoms with Crippen molar-refractivity contribution in [3.05, 3.63) is 6.42 Å². The van der Waals surface area contributed by atoms with Crippen molar-refractivity contribution in [2.24, 2.45) is 0 Å². The average molecular weight is 298 g/mol. The van der Waals surface area contributed by atoms with Crippen LogP contribution in [0.25, 0.3) is 0 Å². The van der Waals surface area contributed by atoms with E-state index >= 15 is 0 Å². The molecule has 85 valence electrons. The average Bonchev–Trinajstić information content (AvgIpc) is 2.14. The van der Waals surface area contributed by atoms with Gasteiger partial charge in [0.2, 0.25) is 0 Å². The van der Waals surface area contributed by atoms with E-state index in [1.807, 2.05) is 13.8 Å². The summed E-state index contributed by atoms with van der Waals surface area (Å²) in [5.74, 6) is 2.46. The summed E-state index contributed by atoms with van der Waals surface area (Å²) in [6, 6.07) is 3.39. The molecule has 0 fully saturated rings. The van der Waals surface area contributed by atoms with Crippen LogP contribution in [0.1, 0.15) is 34.6 Å². The summed E-state index contributed by atoms with van der Waals surface area (Å²) >= 11 is 0. The second-order valence-electron chi connectivity index (χ2n) is 3.98. The van der Waals surface area contributed by atoms with Gasteiger partial charge in [0.1, 0.15) is 5.60 Å². The van der Waals surface area contributed by atoms with Crippen molar-refractivity contribution in [1.82, 2.24) is 0 Å². The predicted molar refractivity (Wildman–Crippen MR) is 59.5 cm³/mol. The van der Waals surface area contributed by atoms with E-state index in [2.05, 4.69) is 26.7 Å². The summed E-state index contributed by atoms with van der Waals surface area (Å²) in [4.78, 5) is 0. The Morgan fingerprint density at radius 3 is 1.67 bits per heavy atom. The van der Waals surface area contributed by atoms with Gasteiger partial charge in [0.05, 0.1) is 0 Å². The molecule has 0 aliphatic heterocycles. The van der Waals surface area contributed by atoms with Gasteiger partial charge >= 0.3 is 0 Å². The van der Waals surface area contributed by atoms with Gasteiger partial charge in [-0.2, -0.15) is 0 Å². The molecule has 0 aromatic heterocycles. The SMILES string of the molecule is [C]#CC(C)(C)O[Si](CC)(CC)CC.[Cl-].[Zn]. The summed E-state index contributed by atoms with van der Waals surface area (Å²) in [6.07, 6.45) is 7.16. The molecule has 0 amide bonds. The van der Waals surface area contributed by atoms with Crippen LogP contribution in [0, 0.1) is 12.3 Å². The minimum absolute atomic E-state index is 0. The van der Waals surface area contributed by atoms with Gasteiger partial charge in [-0.15, -0.1) is 0 Å². The zero-order valence-electron chi connectivity index (χ0n) is 10.6. The van der Waals surface area contributed by atoms with Crippen LogP contribution in [-0.2, 0) is 23.9 Å². The van der Waals surface area contributed by atoms with E-state index < -0.39 is 13.9 Å². The summed E-state index contributed by atoms with van der Waals surface area (Å²) < 4.78 is 6.06. The maximum Gasteiger partial charge on any atom is 0.194 e. The van der Waals surface area contributed by atoms with Crippen molar-refractivity contribution < 1.29 is 36.3 Å². The van der Waals surface area contributed by atoms with Crippen molar-refractivity contribution in [2.75, 3.05) is 0 Å². The zero-order chi connectivity index (χ0) is 10.5. The molecule has 0 aromatic rings. The second-order valence-corrected chi connectivity index (χ2v) is 8.67. The van der Waals surface area contributed by atoms with Gasteiger partial charge in [-0.25, -0.2) is 0 Å². The molecule has 0 atom stereocenters. The van der Waals surface area contributed by atoms with Crippen molar-refractivity contribution in [1.29, 1.82) is 0 Å². The molecule has 0 saturated heterocycles. The normalized spacial score (nSPS) is 10.9. The van der Waals surface area contributed by atoms with E-state index in [4.69, 9.17) is 10.8 Å². The molecular formula is C11H21ClOSiZn-. The molecule has 0 aliphatic carbocycles. The Morgan fingerprint density at radius 2 is 1.47 bits per heavy atom. The zero-order valence-corrected chi connectivity index (χ0v) is 15.3. The summed E-state index contributed by atoms with van der Waals surface area (Å²) in [5.41, 5.74) is -0.492. The fourth-order valence-corrected chi connectivity index (χ4v) is 4.60. The molecule has 0 rings (SSSR count). The second kappa shape index (κ2) is 8.76. The maximum atomic E-state index is 7.16. The van der Waals surface area contributed by atoms with Crippen molar-refractivity contribution in [3.63, 3.8) is 0 Å². The Labute approximate surface area is 115 Å². The molecule has 1 radical (unpaired) electrons. The van der Waals surface area contributed by atoms with Gasteiger partial charge in [-0.3, -0.25) is 0 Å². The minimum Gasteiger partial charge on any atom is -1.00 e. The fraction of sp³-hybridized carbons (Fsp3) is 0.818. The van der Waals surface area contributed by atoms with E-state index in [1.54, 1.807) is 0 Å². The van der Waals surface area contributed by atoms with Gasteiger partial charge in [-0.05, 0) is 38.4 Å². The quantitative estimate of drug-likeness (QED) is 0.527. The fourth-order valence-electron chi connectivity index (χ4n) is 1.53. The molecule has 0 unspecified atom stereocenters. The molecule has 0 bridgehead atoms. The first-order valence-corrected chi connectivity index (χ1v) is 7.62. The molecule has 1 nitrogen and oxygen atoms in total. The minimum atomic E-state index is -1.56. The Bertz CT molecular complexity index is 189. The molecule has 0 aromatic carbocycles. The Kier molecular flexibility index (Phi) is 12.3. The maximum absolute atomic E-state index is 7.16. The van der Waals surface area contributed by atoms with Gasteiger partial charge < -0.3 is 16.8 Å². The van der Waals surface area contributed by atoms with Crippen LogP contribution in [0.5, 0.6) is 0 Å². The standard InChI is InChI=1S/C11H21OSi.ClH.Zn/c1-7-11(5,6)12-13(8-2,9-3)10-4;;/h8-10H2,2-6H3;1H;/p-1. The first-order valence-electron chi connectivity index (χ1n) is 5.09. The van der Waals surface area contributed by atoms with E-state index in [0.717, 1.165) is 18.1 Å². The van der Waals surface area contributed by atoms with E-state index in [-0.39, 0.29) is 31.9 Å². The first-order chi connectivity index (χ1) is 5.95. The predicted octanol–water partition coefficient (Wildman–Crippen LogP) is 0.378. The van der Waals surface area contributed by atoms with Crippen LogP contribution in [0.4, 0.5) is 0 Å². The smallest absolute Gasteiger partial charge is 0.194 e. The Morgan fingerprint density at radius 1 is 1.13 bits per heavy atom. The number of rotatable bonds is 5. The molecule has 0 heterocycles. The molecule has 0 N–H and O–H groups in total. The number of hydrogen-bond acceptors (Lipinski definition) is 1.